The van der Waals surface area contributed by atoms with Crippen LogP contribution < -0.4 is 5.32 Å². The average molecular weight is 266 g/mol. The molecule has 0 saturated heterocycles. The third kappa shape index (κ3) is 2.89. The van der Waals surface area contributed by atoms with Crippen molar-refractivity contribution >= 4 is 22.9 Å². The lowest BCUT2D eigenvalue weighted by Gasteiger charge is -2.17. The Morgan fingerprint density at radius 1 is 1.24 bits per heavy atom. The first kappa shape index (κ1) is 12.6. The van der Waals surface area contributed by atoms with Gasteiger partial charge in [0.15, 0.2) is 0 Å². The standard InChI is InChI=1S/C14H16ClNS/c1-3-16-13(14-12(15)8-9-17-14)11-6-4-10(2)5-7-11/h4-9,13,16H,3H2,1-2H3. The molecule has 3 heteroatoms. The third-order valence-corrected chi connectivity index (χ3v) is 4.15. The molecule has 1 unspecified atom stereocenters. The number of hydrogen-bond donors (Lipinski definition) is 1. The fraction of sp³-hybridized carbons (Fsp3) is 0.286. The maximum absolute atomic E-state index is 6.22. The largest absolute Gasteiger partial charge is 0.306 e. The molecule has 2 aromatic rings. The Bertz CT molecular complexity index is 475. The van der Waals surface area contributed by atoms with Gasteiger partial charge >= 0.3 is 0 Å². The van der Waals surface area contributed by atoms with E-state index in [1.165, 1.54) is 16.0 Å². The molecule has 0 aliphatic carbocycles. The van der Waals surface area contributed by atoms with Crippen molar-refractivity contribution in [3.05, 3.63) is 56.7 Å². The Hall–Kier alpha value is -0.830. The van der Waals surface area contributed by atoms with Crippen LogP contribution in [0.4, 0.5) is 0 Å². The van der Waals surface area contributed by atoms with E-state index in [9.17, 15) is 0 Å². The molecule has 1 nitrogen and oxygen atoms in total. The molecule has 0 radical (unpaired) electrons. The molecule has 1 N–H and O–H groups in total. The maximum atomic E-state index is 6.22. The summed E-state index contributed by atoms with van der Waals surface area (Å²) in [5.41, 5.74) is 2.54. The quantitative estimate of drug-likeness (QED) is 0.864. The van der Waals surface area contributed by atoms with Crippen LogP contribution in [0.1, 0.15) is 29.0 Å². The van der Waals surface area contributed by atoms with E-state index in [-0.39, 0.29) is 6.04 Å². The number of benzene rings is 1. The van der Waals surface area contributed by atoms with Gasteiger partial charge in [-0.2, -0.15) is 0 Å². The fourth-order valence-electron chi connectivity index (χ4n) is 1.84. The second kappa shape index (κ2) is 5.67. The minimum atomic E-state index is 0.202. The first-order valence-electron chi connectivity index (χ1n) is 5.75. The zero-order valence-corrected chi connectivity index (χ0v) is 11.6. The Morgan fingerprint density at radius 2 is 1.94 bits per heavy atom. The molecule has 0 amide bonds. The van der Waals surface area contributed by atoms with Gasteiger partial charge in [-0.25, -0.2) is 0 Å². The van der Waals surface area contributed by atoms with Crippen LogP contribution in [0.2, 0.25) is 5.02 Å². The van der Waals surface area contributed by atoms with Crippen molar-refractivity contribution in [2.75, 3.05) is 6.54 Å². The zero-order valence-electron chi connectivity index (χ0n) is 10.0. The van der Waals surface area contributed by atoms with Gasteiger partial charge in [-0.1, -0.05) is 48.4 Å². The van der Waals surface area contributed by atoms with Crippen LogP contribution in [0.3, 0.4) is 0 Å². The number of aryl methyl sites for hydroxylation is 1. The normalized spacial score (nSPS) is 12.6. The highest BCUT2D eigenvalue weighted by atomic mass is 35.5. The molecule has 0 aliphatic heterocycles. The highest BCUT2D eigenvalue weighted by Gasteiger charge is 2.16. The number of rotatable bonds is 4. The monoisotopic (exact) mass is 265 g/mol. The summed E-state index contributed by atoms with van der Waals surface area (Å²) in [7, 11) is 0. The minimum Gasteiger partial charge on any atom is -0.306 e. The van der Waals surface area contributed by atoms with Gasteiger partial charge in [-0.05, 0) is 30.5 Å². The van der Waals surface area contributed by atoms with Gasteiger partial charge in [0.05, 0.1) is 11.1 Å². The van der Waals surface area contributed by atoms with Crippen molar-refractivity contribution in [3.8, 4) is 0 Å². The van der Waals surface area contributed by atoms with Crippen molar-refractivity contribution in [1.29, 1.82) is 0 Å². The summed E-state index contributed by atoms with van der Waals surface area (Å²) in [6.45, 7) is 5.14. The van der Waals surface area contributed by atoms with E-state index in [1.807, 2.05) is 11.4 Å². The summed E-state index contributed by atoms with van der Waals surface area (Å²) in [6.07, 6.45) is 0. The Kier molecular flexibility index (Phi) is 4.21. The topological polar surface area (TPSA) is 12.0 Å². The lowest BCUT2D eigenvalue weighted by molar-refractivity contribution is 0.640. The third-order valence-electron chi connectivity index (χ3n) is 2.73. The van der Waals surface area contributed by atoms with Crippen molar-refractivity contribution in [2.24, 2.45) is 0 Å². The predicted octanol–water partition coefficient (Wildman–Crippen LogP) is 4.41. The highest BCUT2D eigenvalue weighted by Crippen LogP contribution is 2.32. The fourth-order valence-corrected chi connectivity index (χ4v) is 3.10. The smallest absolute Gasteiger partial charge is 0.0686 e. The van der Waals surface area contributed by atoms with Crippen LogP contribution >= 0.6 is 22.9 Å². The Morgan fingerprint density at radius 3 is 2.47 bits per heavy atom. The summed E-state index contributed by atoms with van der Waals surface area (Å²) in [5.74, 6) is 0. The summed E-state index contributed by atoms with van der Waals surface area (Å²) in [4.78, 5) is 1.19. The molecule has 90 valence electrons. The molecule has 0 fully saturated rings. The van der Waals surface area contributed by atoms with Crippen LogP contribution in [0.15, 0.2) is 35.7 Å². The van der Waals surface area contributed by atoms with Gasteiger partial charge in [-0.3, -0.25) is 0 Å². The van der Waals surface area contributed by atoms with E-state index in [2.05, 4.69) is 43.4 Å². The Balaban J connectivity index is 2.35. The molecule has 0 spiro atoms. The molecule has 0 saturated carbocycles. The number of thiophene rings is 1. The number of halogens is 1. The minimum absolute atomic E-state index is 0.202. The van der Waals surface area contributed by atoms with Crippen molar-refractivity contribution < 1.29 is 0 Å². The lowest BCUT2D eigenvalue weighted by Crippen LogP contribution is -2.21. The average Bonchev–Trinajstić information content (AvgIpc) is 2.74. The van der Waals surface area contributed by atoms with Gasteiger partial charge < -0.3 is 5.32 Å². The first-order valence-corrected chi connectivity index (χ1v) is 7.01. The van der Waals surface area contributed by atoms with Gasteiger partial charge in [0.2, 0.25) is 0 Å². The molecule has 0 aliphatic rings. The molecule has 1 atom stereocenters. The van der Waals surface area contributed by atoms with Crippen molar-refractivity contribution in [1.82, 2.24) is 5.32 Å². The molecule has 1 aromatic carbocycles. The zero-order chi connectivity index (χ0) is 12.3. The molecule has 2 rings (SSSR count). The summed E-state index contributed by atoms with van der Waals surface area (Å²) in [6, 6.07) is 10.8. The number of hydrogen-bond acceptors (Lipinski definition) is 2. The second-order valence-corrected chi connectivity index (χ2v) is 5.39. The van der Waals surface area contributed by atoms with E-state index in [1.54, 1.807) is 11.3 Å². The van der Waals surface area contributed by atoms with E-state index >= 15 is 0 Å². The van der Waals surface area contributed by atoms with Crippen LogP contribution in [-0.2, 0) is 0 Å². The lowest BCUT2D eigenvalue weighted by atomic mass is 10.0. The number of nitrogens with one attached hydrogen (secondary N) is 1. The summed E-state index contributed by atoms with van der Waals surface area (Å²) < 4.78 is 0. The second-order valence-electron chi connectivity index (χ2n) is 4.03. The molecule has 1 aromatic heterocycles. The van der Waals surface area contributed by atoms with E-state index in [0.29, 0.717) is 0 Å². The van der Waals surface area contributed by atoms with Crippen LogP contribution in [-0.4, -0.2) is 6.54 Å². The first-order chi connectivity index (χ1) is 8.22. The van der Waals surface area contributed by atoms with Crippen molar-refractivity contribution in [3.63, 3.8) is 0 Å². The van der Waals surface area contributed by atoms with Gasteiger partial charge in [0, 0.05) is 4.88 Å². The molecule has 0 bridgehead atoms. The van der Waals surface area contributed by atoms with Gasteiger partial charge in [0.1, 0.15) is 0 Å². The summed E-state index contributed by atoms with van der Waals surface area (Å²) >= 11 is 7.92. The van der Waals surface area contributed by atoms with Crippen molar-refractivity contribution in [2.45, 2.75) is 19.9 Å². The molecule has 17 heavy (non-hydrogen) atoms. The SMILES string of the molecule is CCNC(c1ccc(C)cc1)c1sccc1Cl. The maximum Gasteiger partial charge on any atom is 0.0686 e. The summed E-state index contributed by atoms with van der Waals surface area (Å²) in [5, 5.41) is 6.37. The van der Waals surface area contributed by atoms with Gasteiger partial charge in [0.25, 0.3) is 0 Å². The molecular formula is C14H16ClNS. The Labute approximate surface area is 111 Å². The highest BCUT2D eigenvalue weighted by molar-refractivity contribution is 7.10. The predicted molar refractivity (Wildman–Crippen MR) is 76.0 cm³/mol. The van der Waals surface area contributed by atoms with Gasteiger partial charge in [-0.15, -0.1) is 11.3 Å². The van der Waals surface area contributed by atoms with E-state index < -0.39 is 0 Å². The van der Waals surface area contributed by atoms with Crippen LogP contribution in [0.25, 0.3) is 0 Å². The molecule has 1 heterocycles. The van der Waals surface area contributed by atoms with Crippen LogP contribution in [0, 0.1) is 6.92 Å². The van der Waals surface area contributed by atoms with E-state index in [0.717, 1.165) is 11.6 Å². The van der Waals surface area contributed by atoms with E-state index in [4.69, 9.17) is 11.6 Å². The van der Waals surface area contributed by atoms with Crippen LogP contribution in [0.5, 0.6) is 0 Å². The molecular weight excluding hydrogens is 250 g/mol.